The van der Waals surface area contributed by atoms with Crippen LogP contribution in [0, 0.1) is 0 Å². The molecule has 0 radical (unpaired) electrons. The smallest absolute Gasteiger partial charge is 0.218 e. The lowest BCUT2D eigenvalue weighted by Crippen LogP contribution is -2.44. The molecule has 4 nitrogen and oxygen atoms in total. The van der Waals surface area contributed by atoms with Gasteiger partial charge in [-0.1, -0.05) is 36.8 Å². The van der Waals surface area contributed by atoms with Crippen molar-refractivity contribution in [3.8, 4) is 0 Å². The Morgan fingerprint density at radius 1 is 1.24 bits per heavy atom. The van der Waals surface area contributed by atoms with Crippen molar-refractivity contribution < 1.29 is 13.2 Å². The molecule has 0 amide bonds. The Bertz CT molecular complexity index is 516. The SMILES string of the molecule is COCCC[C@@H]1CCCCN1S(=O)(=O)Cc1ccccc1. The molecule has 118 valence electrons. The largest absolute Gasteiger partial charge is 0.385 e. The van der Waals surface area contributed by atoms with Gasteiger partial charge in [0.1, 0.15) is 0 Å². The number of ether oxygens (including phenoxy) is 1. The molecule has 21 heavy (non-hydrogen) atoms. The van der Waals surface area contributed by atoms with Gasteiger partial charge in [0.15, 0.2) is 0 Å². The Morgan fingerprint density at radius 2 is 2.00 bits per heavy atom. The van der Waals surface area contributed by atoms with Crippen LogP contribution in [-0.2, 0) is 20.5 Å². The van der Waals surface area contributed by atoms with Gasteiger partial charge in [-0.15, -0.1) is 0 Å². The molecule has 0 aliphatic carbocycles. The van der Waals surface area contributed by atoms with Crippen LogP contribution in [0.2, 0.25) is 0 Å². The van der Waals surface area contributed by atoms with E-state index in [-0.39, 0.29) is 11.8 Å². The van der Waals surface area contributed by atoms with E-state index in [9.17, 15) is 8.42 Å². The van der Waals surface area contributed by atoms with Crippen molar-refractivity contribution in [3.63, 3.8) is 0 Å². The summed E-state index contributed by atoms with van der Waals surface area (Å²) < 4.78 is 32.2. The minimum absolute atomic E-state index is 0.106. The summed E-state index contributed by atoms with van der Waals surface area (Å²) in [6.45, 7) is 1.36. The monoisotopic (exact) mass is 311 g/mol. The summed E-state index contributed by atoms with van der Waals surface area (Å²) in [7, 11) is -1.54. The van der Waals surface area contributed by atoms with E-state index in [1.54, 1.807) is 11.4 Å². The van der Waals surface area contributed by atoms with Crippen molar-refractivity contribution in [1.29, 1.82) is 0 Å². The zero-order valence-electron chi connectivity index (χ0n) is 12.7. The average molecular weight is 311 g/mol. The van der Waals surface area contributed by atoms with Gasteiger partial charge < -0.3 is 4.74 Å². The van der Waals surface area contributed by atoms with Gasteiger partial charge in [0.05, 0.1) is 5.75 Å². The summed E-state index contributed by atoms with van der Waals surface area (Å²) >= 11 is 0. The van der Waals surface area contributed by atoms with Gasteiger partial charge >= 0.3 is 0 Å². The molecule has 0 aromatic heterocycles. The summed E-state index contributed by atoms with van der Waals surface area (Å²) in [6.07, 6.45) is 4.86. The predicted octanol–water partition coefficient (Wildman–Crippen LogP) is 2.80. The second-order valence-corrected chi connectivity index (χ2v) is 7.56. The van der Waals surface area contributed by atoms with E-state index in [2.05, 4.69) is 0 Å². The number of nitrogens with zero attached hydrogens (tertiary/aromatic N) is 1. The molecule has 5 heteroatoms. The molecular weight excluding hydrogens is 286 g/mol. The summed E-state index contributed by atoms with van der Waals surface area (Å²) in [5.41, 5.74) is 0.860. The van der Waals surface area contributed by atoms with Crippen LogP contribution in [0.25, 0.3) is 0 Å². The Balaban J connectivity index is 2.04. The van der Waals surface area contributed by atoms with Crippen molar-refractivity contribution in [2.24, 2.45) is 0 Å². The minimum atomic E-state index is -3.23. The molecule has 0 N–H and O–H groups in total. The van der Waals surface area contributed by atoms with Gasteiger partial charge in [0.25, 0.3) is 0 Å². The van der Waals surface area contributed by atoms with Crippen LogP contribution in [0.3, 0.4) is 0 Å². The molecule has 1 atom stereocenters. The van der Waals surface area contributed by atoms with Gasteiger partial charge in [-0.3, -0.25) is 0 Å². The zero-order valence-corrected chi connectivity index (χ0v) is 13.5. The van der Waals surface area contributed by atoms with Gasteiger partial charge in [0, 0.05) is 26.3 Å². The summed E-state index contributed by atoms with van der Waals surface area (Å²) in [4.78, 5) is 0. The zero-order chi connectivity index (χ0) is 15.1. The Hall–Kier alpha value is -0.910. The number of rotatable bonds is 7. The highest BCUT2D eigenvalue weighted by Gasteiger charge is 2.31. The van der Waals surface area contributed by atoms with E-state index in [0.717, 1.165) is 37.7 Å². The maximum absolute atomic E-state index is 12.7. The van der Waals surface area contributed by atoms with E-state index in [4.69, 9.17) is 4.74 Å². The summed E-state index contributed by atoms with van der Waals surface area (Å²) in [5, 5.41) is 0. The van der Waals surface area contributed by atoms with Crippen molar-refractivity contribution in [2.45, 2.75) is 43.9 Å². The van der Waals surface area contributed by atoms with Crippen molar-refractivity contribution in [3.05, 3.63) is 35.9 Å². The van der Waals surface area contributed by atoms with Gasteiger partial charge in [0.2, 0.25) is 10.0 Å². The standard InChI is InChI=1S/C16H25NO3S/c1-20-13-7-11-16-10-5-6-12-17(16)21(18,19)14-15-8-3-2-4-9-15/h2-4,8-9,16H,5-7,10-14H2,1H3/t16-/m0/s1. The molecule has 0 bridgehead atoms. The minimum Gasteiger partial charge on any atom is -0.385 e. The number of hydrogen-bond donors (Lipinski definition) is 0. The van der Waals surface area contributed by atoms with Crippen LogP contribution < -0.4 is 0 Å². The molecule has 1 aliphatic heterocycles. The molecule has 1 aromatic rings. The lowest BCUT2D eigenvalue weighted by atomic mass is 10.0. The normalized spacial score (nSPS) is 20.5. The maximum atomic E-state index is 12.7. The molecular formula is C16H25NO3S. The first-order chi connectivity index (χ1) is 10.1. The summed E-state index contributed by atoms with van der Waals surface area (Å²) in [5.74, 6) is 0.106. The molecule has 1 aliphatic rings. The Kier molecular flexibility index (Phi) is 6.21. The third kappa shape index (κ3) is 4.80. The first kappa shape index (κ1) is 16.5. The van der Waals surface area contributed by atoms with Crippen LogP contribution >= 0.6 is 0 Å². The molecule has 1 fully saturated rings. The topological polar surface area (TPSA) is 46.6 Å². The van der Waals surface area contributed by atoms with Crippen LogP contribution in [0.5, 0.6) is 0 Å². The van der Waals surface area contributed by atoms with E-state index in [1.807, 2.05) is 30.3 Å². The molecule has 2 rings (SSSR count). The molecule has 0 spiro atoms. The van der Waals surface area contributed by atoms with Gasteiger partial charge in [-0.05, 0) is 31.2 Å². The third-order valence-corrected chi connectivity index (χ3v) is 5.90. The molecule has 0 unspecified atom stereocenters. The van der Waals surface area contributed by atoms with Gasteiger partial charge in [-0.25, -0.2) is 8.42 Å². The van der Waals surface area contributed by atoms with E-state index >= 15 is 0 Å². The predicted molar refractivity (Wildman–Crippen MR) is 84.5 cm³/mol. The number of piperidine rings is 1. The van der Waals surface area contributed by atoms with Crippen LogP contribution in [0.4, 0.5) is 0 Å². The number of hydrogen-bond acceptors (Lipinski definition) is 3. The fourth-order valence-electron chi connectivity index (χ4n) is 2.96. The number of benzene rings is 1. The average Bonchev–Trinajstić information content (AvgIpc) is 2.48. The van der Waals surface area contributed by atoms with Crippen LogP contribution in [0.1, 0.15) is 37.7 Å². The fourth-order valence-corrected chi connectivity index (χ4v) is 4.81. The maximum Gasteiger partial charge on any atom is 0.218 e. The molecule has 1 heterocycles. The van der Waals surface area contributed by atoms with Gasteiger partial charge in [-0.2, -0.15) is 4.31 Å². The van der Waals surface area contributed by atoms with Crippen molar-refractivity contribution in [2.75, 3.05) is 20.3 Å². The lowest BCUT2D eigenvalue weighted by molar-refractivity contribution is 0.172. The lowest BCUT2D eigenvalue weighted by Gasteiger charge is -2.34. The molecule has 0 saturated carbocycles. The fraction of sp³-hybridized carbons (Fsp3) is 0.625. The van der Waals surface area contributed by atoms with E-state index in [1.165, 1.54) is 0 Å². The number of sulfonamides is 1. The van der Waals surface area contributed by atoms with Crippen LogP contribution in [0.15, 0.2) is 30.3 Å². The summed E-state index contributed by atoms with van der Waals surface area (Å²) in [6, 6.07) is 9.57. The Labute approximate surface area is 128 Å². The van der Waals surface area contributed by atoms with Crippen LogP contribution in [-0.4, -0.2) is 39.0 Å². The third-order valence-electron chi connectivity index (χ3n) is 4.01. The second-order valence-electron chi connectivity index (χ2n) is 5.64. The first-order valence-electron chi connectivity index (χ1n) is 7.66. The first-order valence-corrected chi connectivity index (χ1v) is 9.27. The quantitative estimate of drug-likeness (QED) is 0.728. The molecule has 1 aromatic carbocycles. The van der Waals surface area contributed by atoms with E-state index < -0.39 is 10.0 Å². The van der Waals surface area contributed by atoms with E-state index in [0.29, 0.717) is 13.2 Å². The van der Waals surface area contributed by atoms with Crippen molar-refractivity contribution in [1.82, 2.24) is 4.31 Å². The Morgan fingerprint density at radius 3 is 2.71 bits per heavy atom. The highest BCUT2D eigenvalue weighted by Crippen LogP contribution is 2.25. The number of methoxy groups -OCH3 is 1. The van der Waals surface area contributed by atoms with Crippen molar-refractivity contribution >= 4 is 10.0 Å². The molecule has 1 saturated heterocycles. The second kappa shape index (κ2) is 7.92. The highest BCUT2D eigenvalue weighted by molar-refractivity contribution is 7.88. The highest BCUT2D eigenvalue weighted by atomic mass is 32.2.